The monoisotopic (exact) mass is 599 g/mol. The molecule has 4 atom stereocenters. The van der Waals surface area contributed by atoms with Gasteiger partial charge in [0.25, 0.3) is 0 Å². The third-order valence-electron chi connectivity index (χ3n) is 9.34. The average Bonchev–Trinajstić information content (AvgIpc) is 3.58. The zero-order valence-corrected chi connectivity index (χ0v) is 26.0. The van der Waals surface area contributed by atoms with Gasteiger partial charge in [-0.2, -0.15) is 0 Å². The first-order valence-corrected chi connectivity index (χ1v) is 15.9. The maximum atomic E-state index is 13.8. The summed E-state index contributed by atoms with van der Waals surface area (Å²) in [6.07, 6.45) is 2.59. The van der Waals surface area contributed by atoms with Crippen molar-refractivity contribution in [1.29, 1.82) is 0 Å². The Bertz CT molecular complexity index is 1370. The number of likely N-dealkylation sites (tertiary alicyclic amines) is 1. The Labute approximate surface area is 261 Å². The summed E-state index contributed by atoms with van der Waals surface area (Å²) in [7, 11) is 3.43. The molecule has 1 unspecified atom stereocenters. The SMILES string of the molecule is COCCCN1CCOc2ccc(CO[C@H]3CN[C@@H](C(=O)N4CCC(c5ccccc5)C4)C[C@@H]3c3ccc(OC)cc3)cc21. The van der Waals surface area contributed by atoms with Crippen molar-refractivity contribution in [3.63, 3.8) is 0 Å². The highest BCUT2D eigenvalue weighted by atomic mass is 16.5. The van der Waals surface area contributed by atoms with Crippen LogP contribution >= 0.6 is 0 Å². The Morgan fingerprint density at radius 2 is 1.84 bits per heavy atom. The molecule has 0 saturated carbocycles. The number of rotatable bonds is 11. The molecule has 3 aliphatic rings. The van der Waals surface area contributed by atoms with Gasteiger partial charge >= 0.3 is 0 Å². The number of methoxy groups -OCH3 is 2. The van der Waals surface area contributed by atoms with Gasteiger partial charge in [0.1, 0.15) is 18.1 Å². The Hall–Kier alpha value is -3.59. The largest absolute Gasteiger partial charge is 0.497 e. The summed E-state index contributed by atoms with van der Waals surface area (Å²) in [5.41, 5.74) is 4.71. The fourth-order valence-corrected chi connectivity index (χ4v) is 6.88. The lowest BCUT2D eigenvalue weighted by Gasteiger charge is -2.38. The predicted octanol–water partition coefficient (Wildman–Crippen LogP) is 4.98. The molecule has 2 saturated heterocycles. The van der Waals surface area contributed by atoms with Crippen LogP contribution in [0.4, 0.5) is 5.69 Å². The molecule has 8 heteroatoms. The van der Waals surface area contributed by atoms with Crippen molar-refractivity contribution >= 4 is 11.6 Å². The molecular formula is C36H45N3O5. The molecular weight excluding hydrogens is 554 g/mol. The minimum absolute atomic E-state index is 0.0758. The van der Waals surface area contributed by atoms with E-state index in [1.165, 1.54) is 11.1 Å². The van der Waals surface area contributed by atoms with Crippen molar-refractivity contribution in [2.75, 3.05) is 65.1 Å². The molecule has 0 aromatic heterocycles. The summed E-state index contributed by atoms with van der Waals surface area (Å²) in [4.78, 5) is 18.2. The summed E-state index contributed by atoms with van der Waals surface area (Å²) in [5.74, 6) is 2.42. The van der Waals surface area contributed by atoms with Crippen LogP contribution in [-0.2, 0) is 20.9 Å². The number of amides is 1. The molecule has 1 amide bonds. The van der Waals surface area contributed by atoms with E-state index >= 15 is 0 Å². The molecule has 8 nitrogen and oxygen atoms in total. The van der Waals surface area contributed by atoms with E-state index in [0.29, 0.717) is 32.1 Å². The molecule has 3 aromatic rings. The molecule has 234 valence electrons. The van der Waals surface area contributed by atoms with Crippen LogP contribution < -0.4 is 19.7 Å². The number of fused-ring (bicyclic) bond motifs is 1. The van der Waals surface area contributed by atoms with Crippen LogP contribution in [0.5, 0.6) is 11.5 Å². The van der Waals surface area contributed by atoms with E-state index in [1.807, 2.05) is 18.2 Å². The van der Waals surface area contributed by atoms with Crippen LogP contribution in [0, 0.1) is 0 Å². The summed E-state index contributed by atoms with van der Waals surface area (Å²) >= 11 is 0. The number of nitrogens with zero attached hydrogens (tertiary/aromatic N) is 2. The van der Waals surface area contributed by atoms with Gasteiger partial charge in [-0.05, 0) is 60.2 Å². The van der Waals surface area contributed by atoms with E-state index in [4.69, 9.17) is 18.9 Å². The maximum absolute atomic E-state index is 13.8. The van der Waals surface area contributed by atoms with Crippen molar-refractivity contribution in [3.05, 3.63) is 89.5 Å². The van der Waals surface area contributed by atoms with Gasteiger partial charge in [0, 0.05) is 51.7 Å². The van der Waals surface area contributed by atoms with Crippen molar-refractivity contribution in [2.45, 2.75) is 49.9 Å². The number of piperidine rings is 1. The topological polar surface area (TPSA) is 72.5 Å². The van der Waals surface area contributed by atoms with Crippen LogP contribution in [0.1, 0.15) is 47.8 Å². The first-order valence-electron chi connectivity index (χ1n) is 15.9. The fourth-order valence-electron chi connectivity index (χ4n) is 6.88. The lowest BCUT2D eigenvalue weighted by atomic mass is 9.83. The molecule has 3 aromatic carbocycles. The zero-order chi connectivity index (χ0) is 30.3. The minimum atomic E-state index is -0.238. The molecule has 6 rings (SSSR count). The smallest absolute Gasteiger partial charge is 0.239 e. The Balaban J connectivity index is 1.14. The highest BCUT2D eigenvalue weighted by Gasteiger charge is 2.38. The summed E-state index contributed by atoms with van der Waals surface area (Å²) in [6, 6.07) is 24.9. The normalized spacial score (nSPS) is 23.2. The lowest BCUT2D eigenvalue weighted by Crippen LogP contribution is -2.54. The van der Waals surface area contributed by atoms with Gasteiger partial charge in [-0.3, -0.25) is 4.79 Å². The number of ether oxygens (including phenoxy) is 4. The van der Waals surface area contributed by atoms with E-state index < -0.39 is 0 Å². The van der Waals surface area contributed by atoms with E-state index in [-0.39, 0.29) is 24.0 Å². The van der Waals surface area contributed by atoms with E-state index in [9.17, 15) is 4.79 Å². The second kappa shape index (κ2) is 14.5. The van der Waals surface area contributed by atoms with Crippen LogP contribution in [0.3, 0.4) is 0 Å². The van der Waals surface area contributed by atoms with Crippen LogP contribution in [0.15, 0.2) is 72.8 Å². The van der Waals surface area contributed by atoms with Crippen molar-refractivity contribution < 1.29 is 23.7 Å². The molecule has 1 N–H and O–H groups in total. The average molecular weight is 600 g/mol. The summed E-state index contributed by atoms with van der Waals surface area (Å²) in [6.45, 7) is 5.91. The number of benzene rings is 3. The minimum Gasteiger partial charge on any atom is -0.497 e. The van der Waals surface area contributed by atoms with Gasteiger partial charge in [-0.1, -0.05) is 48.5 Å². The first-order chi connectivity index (χ1) is 21.6. The first kappa shape index (κ1) is 30.4. The molecule has 0 spiro atoms. The molecule has 0 bridgehead atoms. The number of hydrogen-bond donors (Lipinski definition) is 1. The number of carbonyl (C=O) groups excluding carboxylic acids is 1. The third kappa shape index (κ3) is 7.04. The second-order valence-corrected chi connectivity index (χ2v) is 12.1. The van der Waals surface area contributed by atoms with Crippen molar-refractivity contribution in [2.24, 2.45) is 0 Å². The maximum Gasteiger partial charge on any atom is 0.239 e. The third-order valence-corrected chi connectivity index (χ3v) is 9.34. The fraction of sp³-hybridized carbons (Fsp3) is 0.472. The Morgan fingerprint density at radius 3 is 2.64 bits per heavy atom. The van der Waals surface area contributed by atoms with Gasteiger partial charge in [-0.25, -0.2) is 0 Å². The zero-order valence-electron chi connectivity index (χ0n) is 26.0. The molecule has 3 heterocycles. The van der Waals surface area contributed by atoms with Crippen LogP contribution in [0.2, 0.25) is 0 Å². The standard InChI is InChI=1S/C36H45N3O5/c1-41-19-6-16-38-18-20-43-34-14-9-26(21-33(34)38)25-44-35-23-37-32(22-31(35)28-10-12-30(42-2)13-11-28)36(40)39-17-15-29(24-39)27-7-4-3-5-8-27/h3-5,7-14,21,29,31-32,35,37H,6,15-20,22-25H2,1-2H3/t29?,31-,32-,35+/m1/s1. The molecule has 0 aliphatic carbocycles. The van der Waals surface area contributed by atoms with Gasteiger partial charge in [0.05, 0.1) is 38.1 Å². The van der Waals surface area contributed by atoms with Gasteiger partial charge < -0.3 is 34.1 Å². The van der Waals surface area contributed by atoms with Crippen LogP contribution in [0.25, 0.3) is 0 Å². The lowest BCUT2D eigenvalue weighted by molar-refractivity contribution is -0.134. The van der Waals surface area contributed by atoms with Gasteiger partial charge in [0.15, 0.2) is 0 Å². The quantitative estimate of drug-likeness (QED) is 0.312. The van der Waals surface area contributed by atoms with Crippen LogP contribution in [-0.4, -0.2) is 83.1 Å². The molecule has 0 radical (unpaired) electrons. The Kier molecular flexibility index (Phi) is 10.0. The number of carbonyl (C=O) groups is 1. The second-order valence-electron chi connectivity index (χ2n) is 12.1. The summed E-state index contributed by atoms with van der Waals surface area (Å²) < 4.78 is 23.3. The predicted molar refractivity (Wildman–Crippen MR) is 172 cm³/mol. The number of hydrogen-bond acceptors (Lipinski definition) is 7. The van der Waals surface area contributed by atoms with E-state index in [2.05, 4.69) is 69.7 Å². The highest BCUT2D eigenvalue weighted by molar-refractivity contribution is 5.82. The molecule has 44 heavy (non-hydrogen) atoms. The molecule has 2 fully saturated rings. The van der Waals surface area contributed by atoms with Gasteiger partial charge in [-0.15, -0.1) is 0 Å². The molecule has 3 aliphatic heterocycles. The summed E-state index contributed by atoms with van der Waals surface area (Å²) in [5, 5.41) is 3.56. The highest BCUT2D eigenvalue weighted by Crippen LogP contribution is 2.36. The Morgan fingerprint density at radius 1 is 1.00 bits per heavy atom. The van der Waals surface area contributed by atoms with Crippen molar-refractivity contribution in [1.82, 2.24) is 10.2 Å². The van der Waals surface area contributed by atoms with Crippen molar-refractivity contribution in [3.8, 4) is 11.5 Å². The number of nitrogens with one attached hydrogen (secondary N) is 1. The van der Waals surface area contributed by atoms with E-state index in [0.717, 1.165) is 68.4 Å². The van der Waals surface area contributed by atoms with Gasteiger partial charge in [0.2, 0.25) is 5.91 Å². The van der Waals surface area contributed by atoms with E-state index in [1.54, 1.807) is 14.2 Å². The number of anilines is 1.